The minimum Gasteiger partial charge on any atom is -0.466 e. The second-order valence-corrected chi connectivity index (χ2v) is 9.47. The summed E-state index contributed by atoms with van der Waals surface area (Å²) in [5.74, 6) is 1.02. The van der Waals surface area contributed by atoms with Crippen molar-refractivity contribution in [3.8, 4) is 34.0 Å². The van der Waals surface area contributed by atoms with E-state index in [-0.39, 0.29) is 11.4 Å². The molecule has 0 spiro atoms. The number of aryl methyl sites for hydroxylation is 2. The van der Waals surface area contributed by atoms with Crippen LogP contribution in [0.15, 0.2) is 81.7 Å². The maximum Gasteiger partial charge on any atom is 0.258 e. The van der Waals surface area contributed by atoms with Crippen molar-refractivity contribution in [2.45, 2.75) is 33.3 Å². The van der Waals surface area contributed by atoms with Crippen molar-refractivity contribution in [2.24, 2.45) is 0 Å². The number of halogens is 1. The van der Waals surface area contributed by atoms with Crippen LogP contribution in [-0.2, 0) is 24.2 Å². The number of amides is 1. The van der Waals surface area contributed by atoms with Crippen molar-refractivity contribution < 1.29 is 22.9 Å². The third-order valence-corrected chi connectivity index (χ3v) is 6.71. The topological polar surface area (TPSA) is 90.4 Å². The summed E-state index contributed by atoms with van der Waals surface area (Å²) in [6, 6.07) is 22.1. The molecule has 8 heteroatoms. The van der Waals surface area contributed by atoms with Crippen LogP contribution in [0.5, 0.6) is 0 Å². The Hall–Kier alpha value is -4.56. The van der Waals surface area contributed by atoms with Crippen LogP contribution in [-0.4, -0.2) is 29.7 Å². The van der Waals surface area contributed by atoms with Crippen molar-refractivity contribution in [1.29, 1.82) is 0 Å². The second-order valence-electron chi connectivity index (χ2n) is 9.47. The number of carbonyl (C=O) groups excluding carboxylic acids is 1. The molecule has 2 heterocycles. The molecule has 1 amide bonds. The highest BCUT2D eigenvalue weighted by molar-refractivity contribution is 5.94. The third-order valence-electron chi connectivity index (χ3n) is 6.71. The van der Waals surface area contributed by atoms with E-state index in [1.54, 1.807) is 13.2 Å². The zero-order valence-corrected chi connectivity index (χ0v) is 22.7. The molecule has 0 atom stereocenters. The zero-order valence-electron chi connectivity index (χ0n) is 22.7. The van der Waals surface area contributed by atoms with Gasteiger partial charge in [-0.3, -0.25) is 4.79 Å². The molecular weight excluding hydrogens is 509 g/mol. The minimum absolute atomic E-state index is 0.0582. The average Bonchev–Trinajstić information content (AvgIpc) is 3.64. The molecule has 0 saturated carbocycles. The van der Waals surface area contributed by atoms with E-state index in [0.29, 0.717) is 31.0 Å². The van der Waals surface area contributed by atoms with E-state index in [2.05, 4.69) is 34.5 Å². The molecule has 0 aliphatic carbocycles. The van der Waals surface area contributed by atoms with Crippen molar-refractivity contribution in [3.63, 3.8) is 0 Å². The van der Waals surface area contributed by atoms with Gasteiger partial charge in [0.05, 0.1) is 12.2 Å². The summed E-state index contributed by atoms with van der Waals surface area (Å²) in [6.07, 6.45) is 1.33. The molecule has 40 heavy (non-hydrogen) atoms. The fraction of sp³-hybridized carbons (Fsp3) is 0.219. The lowest BCUT2D eigenvalue weighted by Crippen LogP contribution is -2.26. The molecule has 3 aromatic carbocycles. The largest absolute Gasteiger partial charge is 0.466 e. The van der Waals surface area contributed by atoms with Gasteiger partial charge in [-0.1, -0.05) is 48.5 Å². The van der Waals surface area contributed by atoms with Crippen molar-refractivity contribution in [2.75, 3.05) is 13.7 Å². The van der Waals surface area contributed by atoms with Crippen molar-refractivity contribution in [1.82, 2.24) is 15.5 Å². The molecule has 204 valence electrons. The van der Waals surface area contributed by atoms with Gasteiger partial charge in [0.15, 0.2) is 0 Å². The standard InChI is InChI=1S/C32H30FN3O4/c1-4-24-11-12-25(39-24)15-16-34-31(37)28-14-9-21(18-29(28)33)30-35-32(40-36-30)22-10-13-27(23(17-22)19-38-3)26-8-6-5-7-20(26)2/h5-14,17-18H,4,15-16,19H2,1-3H3,(H,34,37). The first-order chi connectivity index (χ1) is 19.5. The first kappa shape index (κ1) is 27.0. The fourth-order valence-electron chi connectivity index (χ4n) is 4.58. The van der Waals surface area contributed by atoms with Gasteiger partial charge in [-0.25, -0.2) is 4.39 Å². The molecule has 2 aromatic heterocycles. The van der Waals surface area contributed by atoms with E-state index in [0.717, 1.165) is 45.8 Å². The zero-order chi connectivity index (χ0) is 28.1. The molecule has 1 N–H and O–H groups in total. The molecule has 0 fully saturated rings. The van der Waals surface area contributed by atoms with Gasteiger partial charge in [-0.05, 0) is 65.6 Å². The Morgan fingerprint density at radius 3 is 2.52 bits per heavy atom. The quantitative estimate of drug-likeness (QED) is 0.210. The highest BCUT2D eigenvalue weighted by Gasteiger charge is 2.17. The van der Waals surface area contributed by atoms with E-state index < -0.39 is 11.7 Å². The minimum atomic E-state index is -0.669. The average molecular weight is 540 g/mol. The van der Waals surface area contributed by atoms with Gasteiger partial charge < -0.3 is 19.0 Å². The number of aromatic nitrogens is 2. The Bertz CT molecular complexity index is 1640. The number of ether oxygens (including phenoxy) is 1. The molecule has 0 aliphatic heterocycles. The van der Waals surface area contributed by atoms with E-state index in [4.69, 9.17) is 13.7 Å². The van der Waals surface area contributed by atoms with E-state index in [1.807, 2.05) is 49.4 Å². The highest BCUT2D eigenvalue weighted by atomic mass is 19.1. The van der Waals surface area contributed by atoms with Crippen LogP contribution in [0.2, 0.25) is 0 Å². The van der Waals surface area contributed by atoms with Gasteiger partial charge >= 0.3 is 0 Å². The summed E-state index contributed by atoms with van der Waals surface area (Å²) in [4.78, 5) is 17.0. The van der Waals surface area contributed by atoms with Crippen LogP contribution in [0.3, 0.4) is 0 Å². The van der Waals surface area contributed by atoms with Crippen LogP contribution >= 0.6 is 0 Å². The van der Waals surface area contributed by atoms with Gasteiger partial charge in [-0.2, -0.15) is 4.98 Å². The van der Waals surface area contributed by atoms with Crippen LogP contribution in [0.4, 0.5) is 4.39 Å². The maximum atomic E-state index is 14.9. The molecule has 0 saturated heterocycles. The number of nitrogens with one attached hydrogen (secondary N) is 1. The number of nitrogens with zero attached hydrogens (tertiary/aromatic N) is 2. The molecular formula is C32H30FN3O4. The summed E-state index contributed by atoms with van der Waals surface area (Å²) in [7, 11) is 1.65. The SMILES string of the molecule is CCc1ccc(CCNC(=O)c2ccc(-c3noc(-c4ccc(-c5ccccc5C)c(COC)c4)n3)cc2F)o1. The molecule has 0 bridgehead atoms. The number of benzene rings is 3. The number of hydrogen-bond donors (Lipinski definition) is 1. The summed E-state index contributed by atoms with van der Waals surface area (Å²) in [5, 5.41) is 6.78. The number of furan rings is 1. The lowest BCUT2D eigenvalue weighted by molar-refractivity contribution is 0.0949. The first-order valence-corrected chi connectivity index (χ1v) is 13.1. The summed E-state index contributed by atoms with van der Waals surface area (Å²) in [6.45, 7) is 4.82. The van der Waals surface area contributed by atoms with Crippen LogP contribution < -0.4 is 5.32 Å². The Morgan fingerprint density at radius 2 is 1.77 bits per heavy atom. The van der Waals surface area contributed by atoms with Gasteiger partial charge in [-0.15, -0.1) is 0 Å². The smallest absolute Gasteiger partial charge is 0.258 e. The maximum absolute atomic E-state index is 14.9. The Morgan fingerprint density at radius 1 is 0.975 bits per heavy atom. The van der Waals surface area contributed by atoms with Gasteiger partial charge in [0.1, 0.15) is 17.3 Å². The Balaban J connectivity index is 1.30. The lowest BCUT2D eigenvalue weighted by Gasteiger charge is -2.12. The van der Waals surface area contributed by atoms with Gasteiger partial charge in [0, 0.05) is 37.6 Å². The second kappa shape index (κ2) is 12.1. The van der Waals surface area contributed by atoms with E-state index >= 15 is 0 Å². The molecule has 0 unspecified atom stereocenters. The molecule has 0 aliphatic rings. The molecule has 7 nitrogen and oxygen atoms in total. The monoisotopic (exact) mass is 539 g/mol. The summed E-state index contributed by atoms with van der Waals surface area (Å²) in [5.41, 5.74) is 5.40. The van der Waals surface area contributed by atoms with Crippen molar-refractivity contribution in [3.05, 3.63) is 107 Å². The first-order valence-electron chi connectivity index (χ1n) is 13.1. The number of rotatable bonds is 10. The van der Waals surface area contributed by atoms with Crippen LogP contribution in [0.1, 0.15) is 39.9 Å². The molecule has 5 aromatic rings. The van der Waals surface area contributed by atoms with Gasteiger partial charge in [0.25, 0.3) is 11.8 Å². The van der Waals surface area contributed by atoms with Crippen molar-refractivity contribution >= 4 is 5.91 Å². The predicted octanol–water partition coefficient (Wildman–Crippen LogP) is 6.79. The normalized spacial score (nSPS) is 11.1. The Labute approximate surface area is 232 Å². The highest BCUT2D eigenvalue weighted by Crippen LogP contribution is 2.32. The van der Waals surface area contributed by atoms with Crippen LogP contribution in [0.25, 0.3) is 34.0 Å². The van der Waals surface area contributed by atoms with Gasteiger partial charge in [0.2, 0.25) is 5.82 Å². The number of carbonyl (C=O) groups is 1. The third kappa shape index (κ3) is 5.87. The molecule has 5 rings (SSSR count). The predicted molar refractivity (Wildman–Crippen MR) is 150 cm³/mol. The fourth-order valence-corrected chi connectivity index (χ4v) is 4.58. The van der Waals surface area contributed by atoms with E-state index in [9.17, 15) is 9.18 Å². The van der Waals surface area contributed by atoms with Crippen LogP contribution in [0, 0.1) is 12.7 Å². The van der Waals surface area contributed by atoms with E-state index in [1.165, 1.54) is 12.1 Å². The summed E-state index contributed by atoms with van der Waals surface area (Å²) >= 11 is 0. The Kier molecular flexibility index (Phi) is 8.17. The molecule has 0 radical (unpaired) electrons. The number of methoxy groups -OCH3 is 1. The summed E-state index contributed by atoms with van der Waals surface area (Å²) < 4.78 is 31.5. The lowest BCUT2D eigenvalue weighted by atomic mass is 9.94. The number of hydrogen-bond acceptors (Lipinski definition) is 6.